The molecule has 1 N–H and O–H groups in total. The Balaban J connectivity index is 1.73. The third-order valence-corrected chi connectivity index (χ3v) is 3.48. The molecule has 23 heavy (non-hydrogen) atoms. The summed E-state index contributed by atoms with van der Waals surface area (Å²) in [5, 5.41) is 0. The van der Waals surface area contributed by atoms with Crippen molar-refractivity contribution in [1.82, 2.24) is 10.4 Å². The zero-order valence-corrected chi connectivity index (χ0v) is 12.3. The fourth-order valence-corrected chi connectivity index (χ4v) is 2.41. The molecule has 0 saturated carbocycles. The van der Waals surface area contributed by atoms with Crippen LogP contribution < -0.4 is 5.48 Å². The second-order valence-electron chi connectivity index (χ2n) is 5.15. The summed E-state index contributed by atoms with van der Waals surface area (Å²) in [6.07, 6.45) is -1.71. The Kier molecular flexibility index (Phi) is 5.64. The van der Waals surface area contributed by atoms with Gasteiger partial charge in [-0.3, -0.25) is 14.4 Å². The van der Waals surface area contributed by atoms with Gasteiger partial charge in [0.15, 0.2) is 0 Å². The molecule has 128 valence electrons. The van der Waals surface area contributed by atoms with Crippen LogP contribution in [0.5, 0.6) is 0 Å². The minimum Gasteiger partial charge on any atom is -0.469 e. The summed E-state index contributed by atoms with van der Waals surface area (Å²) in [4.78, 5) is 28.6. The highest BCUT2D eigenvalue weighted by Crippen LogP contribution is 2.25. The monoisotopic (exact) mass is 334 g/mol. The standard InChI is InChI=1S/C14H17F3N2O4/c15-14(16,17)13(21)19-7-1-6-11(19)12(20)18-23-9-3-5-10-4-2-8-22-10/h2,4,8,11H,1,3,5-7,9H2,(H,18,20). The molecule has 2 heterocycles. The average Bonchev–Trinajstić information content (AvgIpc) is 3.16. The molecule has 0 aromatic carbocycles. The van der Waals surface area contributed by atoms with Gasteiger partial charge in [0, 0.05) is 13.0 Å². The van der Waals surface area contributed by atoms with E-state index in [4.69, 9.17) is 9.25 Å². The fraction of sp³-hybridized carbons (Fsp3) is 0.571. The molecule has 6 nitrogen and oxygen atoms in total. The van der Waals surface area contributed by atoms with Crippen LogP contribution in [0.25, 0.3) is 0 Å². The number of amides is 2. The van der Waals surface area contributed by atoms with Crippen molar-refractivity contribution in [3.8, 4) is 0 Å². The number of hydrogen-bond acceptors (Lipinski definition) is 4. The molecule has 1 aliphatic rings. The first kappa shape index (κ1) is 17.3. The highest BCUT2D eigenvalue weighted by molar-refractivity contribution is 5.90. The lowest BCUT2D eigenvalue weighted by atomic mass is 10.2. The zero-order chi connectivity index (χ0) is 16.9. The van der Waals surface area contributed by atoms with Gasteiger partial charge in [-0.05, 0) is 31.4 Å². The number of aryl methyl sites for hydroxylation is 1. The SMILES string of the molecule is O=C(NOCCCc1ccco1)C1CCCN1C(=O)C(F)(F)F. The maximum atomic E-state index is 12.5. The van der Waals surface area contributed by atoms with E-state index in [1.807, 2.05) is 0 Å². The van der Waals surface area contributed by atoms with Crippen molar-refractivity contribution in [2.75, 3.05) is 13.2 Å². The quantitative estimate of drug-likeness (QED) is 0.636. The number of nitrogens with one attached hydrogen (secondary N) is 1. The van der Waals surface area contributed by atoms with E-state index >= 15 is 0 Å². The Morgan fingerprint density at radius 1 is 1.43 bits per heavy atom. The number of carbonyl (C=O) groups excluding carboxylic acids is 2. The lowest BCUT2D eigenvalue weighted by Gasteiger charge is -2.24. The van der Waals surface area contributed by atoms with Crippen molar-refractivity contribution < 1.29 is 32.0 Å². The Bertz CT molecular complexity index is 531. The van der Waals surface area contributed by atoms with Crippen LogP contribution in [0.2, 0.25) is 0 Å². The minimum absolute atomic E-state index is 0.0884. The predicted molar refractivity (Wildman–Crippen MR) is 71.9 cm³/mol. The Morgan fingerprint density at radius 3 is 2.87 bits per heavy atom. The summed E-state index contributed by atoms with van der Waals surface area (Å²) in [5.74, 6) is -1.95. The van der Waals surface area contributed by atoms with Gasteiger partial charge in [-0.1, -0.05) is 0 Å². The van der Waals surface area contributed by atoms with Gasteiger partial charge in [-0.2, -0.15) is 13.2 Å². The van der Waals surface area contributed by atoms with Crippen LogP contribution >= 0.6 is 0 Å². The third-order valence-electron chi connectivity index (χ3n) is 3.48. The van der Waals surface area contributed by atoms with Gasteiger partial charge >= 0.3 is 12.1 Å². The van der Waals surface area contributed by atoms with E-state index in [2.05, 4.69) is 5.48 Å². The molecular formula is C14H17F3N2O4. The maximum Gasteiger partial charge on any atom is 0.471 e. The molecule has 1 unspecified atom stereocenters. The van der Waals surface area contributed by atoms with E-state index in [1.165, 1.54) is 0 Å². The van der Waals surface area contributed by atoms with Crippen LogP contribution in [0.1, 0.15) is 25.0 Å². The summed E-state index contributed by atoms with van der Waals surface area (Å²) in [7, 11) is 0. The van der Waals surface area contributed by atoms with Crippen LogP contribution in [-0.4, -0.2) is 42.1 Å². The lowest BCUT2D eigenvalue weighted by Crippen LogP contribution is -2.50. The van der Waals surface area contributed by atoms with Crippen molar-refractivity contribution in [3.05, 3.63) is 24.2 Å². The predicted octanol–water partition coefficient (Wildman–Crippen LogP) is 1.81. The molecule has 1 aliphatic heterocycles. The summed E-state index contributed by atoms with van der Waals surface area (Å²) in [6, 6.07) is 2.41. The first-order valence-electron chi connectivity index (χ1n) is 7.21. The van der Waals surface area contributed by atoms with Crippen molar-refractivity contribution in [3.63, 3.8) is 0 Å². The summed E-state index contributed by atoms with van der Waals surface area (Å²) < 4.78 is 42.5. The topological polar surface area (TPSA) is 71.8 Å². The van der Waals surface area contributed by atoms with E-state index in [-0.39, 0.29) is 19.6 Å². The third kappa shape index (κ3) is 4.72. The van der Waals surface area contributed by atoms with Gasteiger partial charge in [0.1, 0.15) is 11.8 Å². The van der Waals surface area contributed by atoms with Gasteiger partial charge in [-0.25, -0.2) is 5.48 Å². The van der Waals surface area contributed by atoms with Crippen LogP contribution in [0.3, 0.4) is 0 Å². The molecule has 0 spiro atoms. The number of hydrogen-bond donors (Lipinski definition) is 1. The largest absolute Gasteiger partial charge is 0.471 e. The molecule has 2 amide bonds. The molecule has 1 fully saturated rings. The van der Waals surface area contributed by atoms with Gasteiger partial charge in [0.2, 0.25) is 0 Å². The highest BCUT2D eigenvalue weighted by atomic mass is 19.4. The van der Waals surface area contributed by atoms with E-state index in [0.29, 0.717) is 24.2 Å². The van der Waals surface area contributed by atoms with Crippen molar-refractivity contribution >= 4 is 11.8 Å². The van der Waals surface area contributed by atoms with Crippen LogP contribution in [0.4, 0.5) is 13.2 Å². The number of rotatable bonds is 6. The summed E-state index contributed by atoms with van der Waals surface area (Å²) in [5.41, 5.74) is 2.11. The number of alkyl halides is 3. The number of likely N-dealkylation sites (tertiary alicyclic amines) is 1. The lowest BCUT2D eigenvalue weighted by molar-refractivity contribution is -0.187. The summed E-state index contributed by atoms with van der Waals surface area (Å²) >= 11 is 0. The number of furan rings is 1. The van der Waals surface area contributed by atoms with Crippen molar-refractivity contribution in [2.45, 2.75) is 37.9 Å². The Morgan fingerprint density at radius 2 is 2.22 bits per heavy atom. The smallest absolute Gasteiger partial charge is 0.469 e. The van der Waals surface area contributed by atoms with Gasteiger partial charge in [0.05, 0.1) is 12.9 Å². The van der Waals surface area contributed by atoms with Crippen LogP contribution in [0, 0.1) is 0 Å². The molecule has 1 saturated heterocycles. The molecule has 1 atom stereocenters. The first-order chi connectivity index (χ1) is 10.9. The van der Waals surface area contributed by atoms with Crippen LogP contribution in [0.15, 0.2) is 22.8 Å². The first-order valence-corrected chi connectivity index (χ1v) is 7.21. The second kappa shape index (κ2) is 7.49. The van der Waals surface area contributed by atoms with Crippen molar-refractivity contribution in [2.24, 2.45) is 0 Å². The minimum atomic E-state index is -4.98. The molecule has 9 heteroatoms. The van der Waals surface area contributed by atoms with Gasteiger partial charge < -0.3 is 9.32 Å². The number of halogens is 3. The molecule has 2 rings (SSSR count). The Labute approximate surface area is 130 Å². The van der Waals surface area contributed by atoms with Gasteiger partial charge in [0.25, 0.3) is 5.91 Å². The molecule has 1 aromatic rings. The average molecular weight is 334 g/mol. The molecule has 1 aromatic heterocycles. The van der Waals surface area contributed by atoms with Crippen molar-refractivity contribution in [1.29, 1.82) is 0 Å². The van der Waals surface area contributed by atoms with E-state index in [9.17, 15) is 22.8 Å². The zero-order valence-electron chi connectivity index (χ0n) is 12.3. The number of carbonyl (C=O) groups is 2. The van der Waals surface area contributed by atoms with Gasteiger partial charge in [-0.15, -0.1) is 0 Å². The second-order valence-corrected chi connectivity index (χ2v) is 5.15. The molecular weight excluding hydrogens is 317 g/mol. The molecule has 0 aliphatic carbocycles. The highest BCUT2D eigenvalue weighted by Gasteiger charge is 2.47. The number of hydroxylamine groups is 1. The normalized spacial score (nSPS) is 18.2. The number of nitrogens with zero attached hydrogens (tertiary/aromatic N) is 1. The van der Waals surface area contributed by atoms with E-state index < -0.39 is 24.0 Å². The molecule has 0 bridgehead atoms. The maximum absolute atomic E-state index is 12.5. The fourth-order valence-electron chi connectivity index (χ4n) is 2.41. The van der Waals surface area contributed by atoms with E-state index in [1.54, 1.807) is 18.4 Å². The van der Waals surface area contributed by atoms with Crippen LogP contribution in [-0.2, 0) is 20.8 Å². The van der Waals surface area contributed by atoms with E-state index in [0.717, 1.165) is 5.76 Å². The Hall–Kier alpha value is -2.03. The molecule has 0 radical (unpaired) electrons. The summed E-state index contributed by atoms with van der Waals surface area (Å²) in [6.45, 7) is 0.0985.